The molecule has 0 aliphatic heterocycles. The molecule has 6 nitrogen and oxygen atoms in total. The molecule has 0 aliphatic carbocycles. The van der Waals surface area contributed by atoms with E-state index in [2.05, 4.69) is 10.4 Å². The van der Waals surface area contributed by atoms with E-state index < -0.39 is 5.91 Å². The van der Waals surface area contributed by atoms with Gasteiger partial charge in [0.25, 0.3) is 5.91 Å². The monoisotopic (exact) mass is 266 g/mol. The minimum atomic E-state index is -0.466. The van der Waals surface area contributed by atoms with Crippen LogP contribution in [0.4, 0.5) is 11.5 Å². The fraction of sp³-hybridized carbons (Fsp3) is 0.0909. The summed E-state index contributed by atoms with van der Waals surface area (Å²) in [5, 5.41) is 16.1. The average Bonchev–Trinajstić information content (AvgIpc) is 2.64. The van der Waals surface area contributed by atoms with Gasteiger partial charge in [0.15, 0.2) is 5.82 Å². The first-order chi connectivity index (χ1) is 8.49. The summed E-state index contributed by atoms with van der Waals surface area (Å²) in [6.07, 6.45) is 1.43. The Morgan fingerprint density at radius 2 is 2.28 bits per heavy atom. The molecule has 0 atom stereocenters. The van der Waals surface area contributed by atoms with Crippen LogP contribution in [0.3, 0.4) is 0 Å². The lowest BCUT2D eigenvalue weighted by atomic mass is 10.2. The maximum Gasteiger partial charge on any atom is 0.258 e. The lowest BCUT2D eigenvalue weighted by Crippen LogP contribution is -2.16. The van der Waals surface area contributed by atoms with Crippen molar-refractivity contribution in [1.82, 2.24) is 9.78 Å². The zero-order valence-electron chi connectivity index (χ0n) is 9.51. The van der Waals surface area contributed by atoms with E-state index in [4.69, 9.17) is 17.3 Å². The summed E-state index contributed by atoms with van der Waals surface area (Å²) in [7, 11) is 1.65. The van der Waals surface area contributed by atoms with Crippen LogP contribution in [0.5, 0.6) is 5.75 Å². The molecule has 2 rings (SSSR count). The molecule has 0 bridgehead atoms. The molecule has 2 aromatic rings. The first-order valence-corrected chi connectivity index (χ1v) is 5.44. The van der Waals surface area contributed by atoms with Crippen molar-refractivity contribution in [2.45, 2.75) is 0 Å². The van der Waals surface area contributed by atoms with Crippen molar-refractivity contribution in [3.8, 4) is 5.75 Å². The molecule has 0 saturated carbocycles. The first-order valence-electron chi connectivity index (χ1n) is 5.06. The number of phenolic OH excluding ortho intramolecular Hbond substituents is 1. The van der Waals surface area contributed by atoms with Gasteiger partial charge in [-0.3, -0.25) is 9.48 Å². The van der Waals surface area contributed by atoms with Crippen LogP contribution >= 0.6 is 11.6 Å². The molecule has 0 radical (unpaired) electrons. The van der Waals surface area contributed by atoms with Crippen LogP contribution in [-0.4, -0.2) is 20.8 Å². The molecule has 94 valence electrons. The molecule has 1 aromatic carbocycles. The Hall–Kier alpha value is -2.21. The van der Waals surface area contributed by atoms with Gasteiger partial charge in [-0.2, -0.15) is 5.10 Å². The minimum absolute atomic E-state index is 0.0393. The number of nitrogens with zero attached hydrogens (tertiary/aromatic N) is 2. The molecule has 1 aromatic heterocycles. The summed E-state index contributed by atoms with van der Waals surface area (Å²) >= 11 is 5.89. The molecule has 0 unspecified atom stereocenters. The first kappa shape index (κ1) is 12.3. The number of benzene rings is 1. The van der Waals surface area contributed by atoms with E-state index in [1.807, 2.05) is 0 Å². The predicted octanol–water partition coefficient (Wildman–Crippen LogP) is 1.61. The van der Waals surface area contributed by atoms with E-state index in [0.717, 1.165) is 0 Å². The van der Waals surface area contributed by atoms with E-state index >= 15 is 0 Å². The number of aromatic hydroxyl groups is 1. The number of aromatic nitrogens is 2. The van der Waals surface area contributed by atoms with E-state index in [1.54, 1.807) is 7.05 Å². The molecule has 0 fully saturated rings. The van der Waals surface area contributed by atoms with Crippen LogP contribution in [0, 0.1) is 0 Å². The number of hydrogen-bond acceptors (Lipinski definition) is 4. The van der Waals surface area contributed by atoms with Gasteiger partial charge < -0.3 is 16.2 Å². The number of halogens is 1. The SMILES string of the molecule is Cn1ncc(N)c1NC(=O)c1cc(O)ccc1Cl. The summed E-state index contributed by atoms with van der Waals surface area (Å²) in [6.45, 7) is 0. The highest BCUT2D eigenvalue weighted by Crippen LogP contribution is 2.23. The smallest absolute Gasteiger partial charge is 0.258 e. The van der Waals surface area contributed by atoms with Crippen molar-refractivity contribution >= 4 is 29.0 Å². The summed E-state index contributed by atoms with van der Waals surface area (Å²) in [6, 6.07) is 4.13. The highest BCUT2D eigenvalue weighted by molar-refractivity contribution is 6.34. The van der Waals surface area contributed by atoms with Gasteiger partial charge in [0.2, 0.25) is 0 Å². The Labute approximate surface area is 108 Å². The maximum atomic E-state index is 12.0. The van der Waals surface area contributed by atoms with Crippen molar-refractivity contribution in [2.75, 3.05) is 11.1 Å². The van der Waals surface area contributed by atoms with Crippen molar-refractivity contribution in [2.24, 2.45) is 7.05 Å². The number of phenols is 1. The van der Waals surface area contributed by atoms with Gasteiger partial charge in [-0.15, -0.1) is 0 Å². The Morgan fingerprint density at radius 3 is 2.89 bits per heavy atom. The third kappa shape index (κ3) is 2.23. The number of carbonyl (C=O) groups is 1. The maximum absolute atomic E-state index is 12.0. The van der Waals surface area contributed by atoms with Gasteiger partial charge in [0.05, 0.1) is 22.5 Å². The lowest BCUT2D eigenvalue weighted by Gasteiger charge is -2.08. The Balaban J connectivity index is 2.30. The summed E-state index contributed by atoms with van der Waals surface area (Å²) < 4.78 is 1.43. The van der Waals surface area contributed by atoms with Crippen LogP contribution in [0.2, 0.25) is 5.02 Å². The van der Waals surface area contributed by atoms with Crippen LogP contribution in [-0.2, 0) is 7.05 Å². The van der Waals surface area contributed by atoms with Crippen molar-refractivity contribution < 1.29 is 9.90 Å². The number of nitrogen functional groups attached to an aromatic ring is 1. The average molecular weight is 267 g/mol. The second-order valence-electron chi connectivity index (χ2n) is 3.69. The highest BCUT2D eigenvalue weighted by atomic mass is 35.5. The van der Waals surface area contributed by atoms with Gasteiger partial charge in [-0.05, 0) is 18.2 Å². The van der Waals surface area contributed by atoms with Gasteiger partial charge in [0.1, 0.15) is 5.75 Å². The van der Waals surface area contributed by atoms with Gasteiger partial charge in [-0.25, -0.2) is 0 Å². The number of hydrogen-bond donors (Lipinski definition) is 3. The fourth-order valence-electron chi connectivity index (χ4n) is 1.47. The normalized spacial score (nSPS) is 10.3. The van der Waals surface area contributed by atoms with E-state index in [0.29, 0.717) is 11.5 Å². The number of amides is 1. The van der Waals surface area contributed by atoms with Crippen molar-refractivity contribution in [3.05, 3.63) is 35.0 Å². The molecular weight excluding hydrogens is 256 g/mol. The highest BCUT2D eigenvalue weighted by Gasteiger charge is 2.14. The molecule has 7 heteroatoms. The van der Waals surface area contributed by atoms with Gasteiger partial charge in [0, 0.05) is 7.05 Å². The molecule has 1 amide bonds. The molecule has 18 heavy (non-hydrogen) atoms. The number of rotatable bonds is 2. The topological polar surface area (TPSA) is 93.2 Å². The fourth-order valence-corrected chi connectivity index (χ4v) is 1.67. The van der Waals surface area contributed by atoms with Crippen LogP contribution in [0.15, 0.2) is 24.4 Å². The van der Waals surface area contributed by atoms with E-state index in [9.17, 15) is 9.90 Å². The van der Waals surface area contributed by atoms with Gasteiger partial charge >= 0.3 is 0 Å². The quantitative estimate of drug-likeness (QED) is 0.770. The van der Waals surface area contributed by atoms with Crippen molar-refractivity contribution in [3.63, 3.8) is 0 Å². The lowest BCUT2D eigenvalue weighted by molar-refractivity contribution is 0.102. The Bertz CT molecular complexity index is 590. The zero-order valence-corrected chi connectivity index (χ0v) is 10.3. The van der Waals surface area contributed by atoms with Crippen LogP contribution < -0.4 is 11.1 Å². The standard InChI is InChI=1S/C11H11ClN4O2/c1-16-10(9(13)5-14-16)15-11(18)7-4-6(17)2-3-8(7)12/h2-5,17H,13H2,1H3,(H,15,18). The molecule has 1 heterocycles. The van der Waals surface area contributed by atoms with E-state index in [-0.39, 0.29) is 16.3 Å². The Morgan fingerprint density at radius 1 is 1.56 bits per heavy atom. The molecule has 0 aliphatic rings. The number of nitrogens with one attached hydrogen (secondary N) is 1. The Kier molecular flexibility index (Phi) is 3.12. The summed E-state index contributed by atoms with van der Waals surface area (Å²) in [5.74, 6) is -0.131. The van der Waals surface area contributed by atoms with Gasteiger partial charge in [-0.1, -0.05) is 11.6 Å². The molecule has 4 N–H and O–H groups in total. The number of carbonyl (C=O) groups excluding carboxylic acids is 1. The third-order valence-electron chi connectivity index (χ3n) is 2.39. The molecule has 0 saturated heterocycles. The number of aryl methyl sites for hydroxylation is 1. The number of nitrogens with two attached hydrogens (primary N) is 1. The second-order valence-corrected chi connectivity index (χ2v) is 4.10. The zero-order chi connectivity index (χ0) is 13.3. The van der Waals surface area contributed by atoms with Crippen LogP contribution in [0.1, 0.15) is 10.4 Å². The third-order valence-corrected chi connectivity index (χ3v) is 2.72. The minimum Gasteiger partial charge on any atom is -0.508 e. The number of anilines is 2. The van der Waals surface area contributed by atoms with E-state index in [1.165, 1.54) is 29.1 Å². The largest absolute Gasteiger partial charge is 0.508 e. The predicted molar refractivity (Wildman–Crippen MR) is 68.7 cm³/mol. The summed E-state index contributed by atoms with van der Waals surface area (Å²) in [5.41, 5.74) is 6.17. The van der Waals surface area contributed by atoms with Crippen molar-refractivity contribution in [1.29, 1.82) is 0 Å². The molecular formula is C11H11ClN4O2. The second kappa shape index (κ2) is 4.58. The summed E-state index contributed by atoms with van der Waals surface area (Å²) in [4.78, 5) is 12.0. The van der Waals surface area contributed by atoms with Crippen LogP contribution in [0.25, 0.3) is 0 Å². The molecule has 0 spiro atoms.